The fourth-order valence-electron chi connectivity index (χ4n) is 3.89. The standard InChI is InChI=1S/C23H26N2O6/c1-29-16-2-4-17(5-3-16)31-21-15-30-23-18(22(21)28)6-7-20(27)19(23)14-25-10-8-24(9-11-25)12-13-26/h2-7,15,26-27H,8-14H2,1H3. The molecule has 0 unspecified atom stereocenters. The van der Waals surface area contributed by atoms with Gasteiger partial charge in [-0.3, -0.25) is 9.69 Å². The number of aliphatic hydroxyl groups is 1. The molecule has 8 heteroatoms. The minimum Gasteiger partial charge on any atom is -0.872 e. The zero-order valence-electron chi connectivity index (χ0n) is 17.4. The van der Waals surface area contributed by atoms with Crippen molar-refractivity contribution in [3.63, 3.8) is 0 Å². The largest absolute Gasteiger partial charge is 0.872 e. The maximum Gasteiger partial charge on any atom is 0.235 e. The van der Waals surface area contributed by atoms with Gasteiger partial charge in [0.25, 0.3) is 0 Å². The molecule has 0 amide bonds. The number of nitrogens with zero attached hydrogens (tertiary/aromatic N) is 1. The van der Waals surface area contributed by atoms with Crippen LogP contribution < -0.4 is 24.9 Å². The van der Waals surface area contributed by atoms with E-state index in [0.717, 1.165) is 26.2 Å². The van der Waals surface area contributed by atoms with Crippen LogP contribution in [0.4, 0.5) is 0 Å². The minimum absolute atomic E-state index is 0.0623. The zero-order valence-corrected chi connectivity index (χ0v) is 17.4. The molecule has 0 radical (unpaired) electrons. The van der Waals surface area contributed by atoms with Crippen LogP contribution >= 0.6 is 0 Å². The summed E-state index contributed by atoms with van der Waals surface area (Å²) in [6.45, 7) is 4.75. The number of β-amino-alcohol motifs (C(OH)–C–C–N with tert-alkyl or cyclic N) is 1. The molecular formula is C23H26N2O6. The maximum absolute atomic E-state index is 13.0. The lowest BCUT2D eigenvalue weighted by Gasteiger charge is -2.32. The van der Waals surface area contributed by atoms with Gasteiger partial charge in [0.15, 0.2) is 0 Å². The Morgan fingerprint density at radius 3 is 2.52 bits per heavy atom. The van der Waals surface area contributed by atoms with Crippen LogP contribution in [-0.4, -0.2) is 56.4 Å². The third-order valence-electron chi connectivity index (χ3n) is 5.66. The van der Waals surface area contributed by atoms with Crippen molar-refractivity contribution in [1.82, 2.24) is 4.90 Å². The van der Waals surface area contributed by atoms with Crippen LogP contribution in [0.1, 0.15) is 5.56 Å². The van der Waals surface area contributed by atoms with E-state index in [1.807, 2.05) is 0 Å². The molecule has 0 bridgehead atoms. The van der Waals surface area contributed by atoms with Gasteiger partial charge in [-0.2, -0.15) is 0 Å². The molecule has 1 aliphatic heterocycles. The fraction of sp³-hybridized carbons (Fsp3) is 0.348. The Balaban J connectivity index is 1.57. The molecule has 2 heterocycles. The quantitative estimate of drug-likeness (QED) is 0.563. The lowest BCUT2D eigenvalue weighted by molar-refractivity contribution is -0.918. The van der Waals surface area contributed by atoms with E-state index in [9.17, 15) is 9.90 Å². The van der Waals surface area contributed by atoms with E-state index in [0.29, 0.717) is 41.1 Å². The highest BCUT2D eigenvalue weighted by molar-refractivity contribution is 5.82. The summed E-state index contributed by atoms with van der Waals surface area (Å²) in [6.07, 6.45) is 1.27. The van der Waals surface area contributed by atoms with Crippen molar-refractivity contribution < 1.29 is 29.0 Å². The predicted octanol–water partition coefficient (Wildman–Crippen LogP) is 0.360. The second kappa shape index (κ2) is 9.38. The highest BCUT2D eigenvalue weighted by atomic mass is 16.5. The molecule has 164 valence electrons. The lowest BCUT2D eigenvalue weighted by Crippen LogP contribution is -3.13. The summed E-state index contributed by atoms with van der Waals surface area (Å²) in [7, 11) is 1.58. The average Bonchev–Trinajstić information content (AvgIpc) is 2.79. The highest BCUT2D eigenvalue weighted by Gasteiger charge is 2.22. The van der Waals surface area contributed by atoms with Gasteiger partial charge in [-0.25, -0.2) is 0 Å². The number of hydrogen-bond donors (Lipinski definition) is 2. The molecule has 0 spiro atoms. The molecule has 0 saturated carbocycles. The van der Waals surface area contributed by atoms with Crippen molar-refractivity contribution in [3.8, 4) is 23.0 Å². The summed E-state index contributed by atoms with van der Waals surface area (Å²) in [5, 5.41) is 22.0. The molecule has 1 saturated heterocycles. The van der Waals surface area contributed by atoms with Crippen LogP contribution in [-0.2, 0) is 6.54 Å². The van der Waals surface area contributed by atoms with Gasteiger partial charge in [0.1, 0.15) is 29.9 Å². The first-order valence-electron chi connectivity index (χ1n) is 10.3. The van der Waals surface area contributed by atoms with Crippen LogP contribution in [0, 0.1) is 0 Å². The van der Waals surface area contributed by atoms with Crippen molar-refractivity contribution in [2.24, 2.45) is 0 Å². The molecule has 2 aromatic carbocycles. The molecule has 4 rings (SSSR count). The SMILES string of the molecule is COc1ccc(Oc2coc3c(C[NH+]4CCN(CCO)CC4)c([O-])ccc3c2=O)cc1. The lowest BCUT2D eigenvalue weighted by atomic mass is 10.1. The van der Waals surface area contributed by atoms with Crippen LogP contribution in [0.3, 0.4) is 0 Å². The topological polar surface area (TPSA) is 99.6 Å². The van der Waals surface area contributed by atoms with Crippen molar-refractivity contribution in [1.29, 1.82) is 0 Å². The van der Waals surface area contributed by atoms with Gasteiger partial charge in [0.2, 0.25) is 11.2 Å². The van der Waals surface area contributed by atoms with Crippen molar-refractivity contribution >= 4 is 11.0 Å². The van der Waals surface area contributed by atoms with Crippen molar-refractivity contribution in [2.45, 2.75) is 6.54 Å². The van der Waals surface area contributed by atoms with E-state index in [2.05, 4.69) is 4.90 Å². The van der Waals surface area contributed by atoms with Crippen LogP contribution in [0.15, 0.2) is 51.9 Å². The number of fused-ring (bicyclic) bond motifs is 1. The first-order valence-corrected chi connectivity index (χ1v) is 10.3. The van der Waals surface area contributed by atoms with Gasteiger partial charge in [0, 0.05) is 25.2 Å². The normalized spacial score (nSPS) is 15.3. The number of benzene rings is 2. The molecule has 0 aliphatic carbocycles. The number of methoxy groups -OCH3 is 1. The van der Waals surface area contributed by atoms with Crippen molar-refractivity contribution in [2.75, 3.05) is 46.4 Å². The Bertz CT molecular complexity index is 1090. The summed E-state index contributed by atoms with van der Waals surface area (Å²) < 4.78 is 16.6. The Kier molecular flexibility index (Phi) is 6.41. The van der Waals surface area contributed by atoms with E-state index in [-0.39, 0.29) is 23.5 Å². The molecular weight excluding hydrogens is 400 g/mol. The number of piperazine rings is 1. The molecule has 1 aromatic heterocycles. The summed E-state index contributed by atoms with van der Waals surface area (Å²) in [5.74, 6) is 1.10. The van der Waals surface area contributed by atoms with Crippen molar-refractivity contribution in [3.05, 3.63) is 58.4 Å². The monoisotopic (exact) mass is 426 g/mol. The van der Waals surface area contributed by atoms with Gasteiger partial charge in [-0.1, -0.05) is 11.8 Å². The van der Waals surface area contributed by atoms with Gasteiger partial charge in [-0.05, 0) is 30.3 Å². The van der Waals surface area contributed by atoms with Gasteiger partial charge in [-0.15, -0.1) is 0 Å². The highest BCUT2D eigenvalue weighted by Crippen LogP contribution is 2.27. The molecule has 1 aliphatic rings. The van der Waals surface area contributed by atoms with Crippen LogP contribution in [0.2, 0.25) is 0 Å². The van der Waals surface area contributed by atoms with Crippen LogP contribution in [0.25, 0.3) is 11.0 Å². The molecule has 1 fully saturated rings. The third-order valence-corrected chi connectivity index (χ3v) is 5.66. The molecule has 3 aromatic rings. The summed E-state index contributed by atoms with van der Waals surface area (Å²) >= 11 is 0. The number of aliphatic hydroxyl groups excluding tert-OH is 1. The number of quaternary nitrogens is 1. The van der Waals surface area contributed by atoms with E-state index in [1.165, 1.54) is 23.3 Å². The summed E-state index contributed by atoms with van der Waals surface area (Å²) in [5.41, 5.74) is 0.516. The summed E-state index contributed by atoms with van der Waals surface area (Å²) in [6, 6.07) is 9.81. The van der Waals surface area contributed by atoms with Gasteiger partial charge < -0.3 is 29.0 Å². The fourth-order valence-corrected chi connectivity index (χ4v) is 3.89. The number of nitrogens with one attached hydrogen (secondary N) is 1. The number of ether oxygens (including phenoxy) is 2. The first-order chi connectivity index (χ1) is 15.1. The molecule has 2 N–H and O–H groups in total. The maximum atomic E-state index is 13.0. The molecule has 0 atom stereocenters. The Morgan fingerprint density at radius 1 is 1.13 bits per heavy atom. The predicted molar refractivity (Wildman–Crippen MR) is 113 cm³/mol. The van der Waals surface area contributed by atoms with E-state index >= 15 is 0 Å². The minimum atomic E-state index is -0.318. The van der Waals surface area contributed by atoms with Gasteiger partial charge >= 0.3 is 0 Å². The Hall–Kier alpha value is -3.07. The van der Waals surface area contributed by atoms with E-state index in [4.69, 9.17) is 19.0 Å². The Labute approximate surface area is 179 Å². The molecule has 8 nitrogen and oxygen atoms in total. The first kappa shape index (κ1) is 21.2. The smallest absolute Gasteiger partial charge is 0.235 e. The van der Waals surface area contributed by atoms with E-state index < -0.39 is 0 Å². The second-order valence-corrected chi connectivity index (χ2v) is 7.62. The van der Waals surface area contributed by atoms with Gasteiger partial charge in [0.05, 0.1) is 32.2 Å². The number of rotatable bonds is 7. The summed E-state index contributed by atoms with van der Waals surface area (Å²) in [4.78, 5) is 16.4. The Morgan fingerprint density at radius 2 is 1.84 bits per heavy atom. The zero-order chi connectivity index (χ0) is 21.8. The molecule has 31 heavy (non-hydrogen) atoms. The second-order valence-electron chi connectivity index (χ2n) is 7.62. The average molecular weight is 426 g/mol. The third kappa shape index (κ3) is 4.66. The number of hydrogen-bond acceptors (Lipinski definition) is 7. The van der Waals surface area contributed by atoms with E-state index in [1.54, 1.807) is 31.4 Å². The van der Waals surface area contributed by atoms with Crippen LogP contribution in [0.5, 0.6) is 23.0 Å².